The summed E-state index contributed by atoms with van der Waals surface area (Å²) in [5, 5.41) is 13.9. The molecule has 2 aromatic rings. The van der Waals surface area contributed by atoms with Gasteiger partial charge in [-0.15, -0.1) is 0 Å². The molecule has 2 aromatic carbocycles. The fourth-order valence-electron chi connectivity index (χ4n) is 2.44. The van der Waals surface area contributed by atoms with Crippen LogP contribution in [0.1, 0.15) is 36.6 Å². The van der Waals surface area contributed by atoms with Crippen molar-refractivity contribution in [3.63, 3.8) is 0 Å². The number of carbonyl (C=O) groups is 1. The van der Waals surface area contributed by atoms with Crippen molar-refractivity contribution in [3.05, 3.63) is 69.3 Å². The highest BCUT2D eigenvalue weighted by molar-refractivity contribution is 5.78. The quantitative estimate of drug-likeness (QED) is 0.614. The molecule has 6 nitrogen and oxygen atoms in total. The van der Waals surface area contributed by atoms with Crippen LogP contribution in [0, 0.1) is 17.0 Å². The average Bonchev–Trinajstić information content (AvgIpc) is 2.60. The lowest BCUT2D eigenvalue weighted by molar-refractivity contribution is -0.385. The first-order valence-corrected chi connectivity index (χ1v) is 8.16. The van der Waals surface area contributed by atoms with Gasteiger partial charge in [-0.05, 0) is 43.0 Å². The zero-order valence-corrected chi connectivity index (χ0v) is 14.6. The van der Waals surface area contributed by atoms with Gasteiger partial charge in [-0.3, -0.25) is 14.9 Å². The lowest BCUT2D eigenvalue weighted by Gasteiger charge is -2.15. The molecule has 6 heteroatoms. The molecule has 0 bridgehead atoms. The number of nitro benzene ring substituents is 1. The summed E-state index contributed by atoms with van der Waals surface area (Å²) in [6.45, 7) is 5.45. The number of hydrogen-bond donors (Lipinski definition) is 1. The van der Waals surface area contributed by atoms with Gasteiger partial charge < -0.3 is 10.1 Å². The number of nitro groups is 1. The molecule has 1 N–H and O–H groups in total. The zero-order valence-electron chi connectivity index (χ0n) is 14.6. The van der Waals surface area contributed by atoms with E-state index in [-0.39, 0.29) is 30.0 Å². The van der Waals surface area contributed by atoms with Crippen molar-refractivity contribution in [2.24, 2.45) is 0 Å². The number of nitrogens with zero attached hydrogens (tertiary/aromatic N) is 1. The lowest BCUT2D eigenvalue weighted by Crippen LogP contribution is -2.31. The van der Waals surface area contributed by atoms with Crippen molar-refractivity contribution in [1.29, 1.82) is 0 Å². The van der Waals surface area contributed by atoms with Gasteiger partial charge >= 0.3 is 5.69 Å². The van der Waals surface area contributed by atoms with Crippen LogP contribution >= 0.6 is 0 Å². The van der Waals surface area contributed by atoms with Crippen LogP contribution < -0.4 is 10.1 Å². The molecular formula is C19H22N2O4. The number of nitrogens with one attached hydrogen (secondary N) is 1. The molecule has 0 aliphatic carbocycles. The third-order valence-electron chi connectivity index (χ3n) is 3.94. The van der Waals surface area contributed by atoms with Gasteiger partial charge in [-0.25, -0.2) is 0 Å². The lowest BCUT2D eigenvalue weighted by atomic mass is 10.1. The maximum Gasteiger partial charge on any atom is 0.311 e. The van der Waals surface area contributed by atoms with Crippen LogP contribution in [0.4, 0.5) is 5.69 Å². The second-order valence-electron chi connectivity index (χ2n) is 5.90. The number of rotatable bonds is 7. The minimum absolute atomic E-state index is 0.0886. The van der Waals surface area contributed by atoms with Crippen molar-refractivity contribution in [1.82, 2.24) is 5.32 Å². The van der Waals surface area contributed by atoms with Crippen LogP contribution in [0.5, 0.6) is 5.75 Å². The molecule has 25 heavy (non-hydrogen) atoms. The second-order valence-corrected chi connectivity index (χ2v) is 5.90. The van der Waals surface area contributed by atoms with Gasteiger partial charge in [-0.1, -0.05) is 37.3 Å². The van der Waals surface area contributed by atoms with Crippen LogP contribution in [-0.4, -0.2) is 17.4 Å². The zero-order chi connectivity index (χ0) is 18.4. The van der Waals surface area contributed by atoms with Gasteiger partial charge in [0.25, 0.3) is 5.91 Å². The number of benzene rings is 2. The van der Waals surface area contributed by atoms with Crippen molar-refractivity contribution < 1.29 is 14.5 Å². The Morgan fingerprint density at radius 1 is 1.24 bits per heavy atom. The topological polar surface area (TPSA) is 81.5 Å². The van der Waals surface area contributed by atoms with E-state index in [2.05, 4.69) is 12.2 Å². The Hall–Kier alpha value is -2.89. The fraction of sp³-hybridized carbons (Fsp3) is 0.316. The van der Waals surface area contributed by atoms with Crippen molar-refractivity contribution in [2.45, 2.75) is 33.2 Å². The molecule has 0 aromatic heterocycles. The summed E-state index contributed by atoms with van der Waals surface area (Å²) in [5.74, 6) is -0.243. The Balaban J connectivity index is 1.95. The Labute approximate surface area is 147 Å². The predicted molar refractivity (Wildman–Crippen MR) is 95.7 cm³/mol. The summed E-state index contributed by atoms with van der Waals surface area (Å²) in [4.78, 5) is 22.6. The standard InChI is InChI=1S/C19H22N2O4/c1-4-15-6-8-16(9-7-15)14(3)20-19(22)12-25-18-10-5-13(2)11-17(18)21(23)24/h5-11,14H,4,12H2,1-3H3,(H,20,22)/t14-/m1/s1. The van der Waals surface area contributed by atoms with Gasteiger partial charge in [0.15, 0.2) is 12.4 Å². The molecule has 0 saturated carbocycles. The van der Waals surface area contributed by atoms with Gasteiger partial charge in [0.05, 0.1) is 11.0 Å². The van der Waals surface area contributed by atoms with Crippen molar-refractivity contribution in [3.8, 4) is 5.75 Å². The normalized spacial score (nSPS) is 11.6. The molecule has 0 saturated heterocycles. The molecule has 0 aliphatic heterocycles. The van der Waals surface area contributed by atoms with E-state index in [1.165, 1.54) is 17.7 Å². The SMILES string of the molecule is CCc1ccc([C@@H](C)NC(=O)COc2ccc(C)cc2[N+](=O)[O-])cc1. The summed E-state index contributed by atoms with van der Waals surface area (Å²) >= 11 is 0. The van der Waals surface area contributed by atoms with E-state index in [0.29, 0.717) is 0 Å². The van der Waals surface area contributed by atoms with E-state index in [1.54, 1.807) is 13.0 Å². The van der Waals surface area contributed by atoms with E-state index in [1.807, 2.05) is 31.2 Å². The summed E-state index contributed by atoms with van der Waals surface area (Å²) in [6.07, 6.45) is 0.962. The van der Waals surface area contributed by atoms with E-state index in [4.69, 9.17) is 4.74 Å². The number of aryl methyl sites for hydroxylation is 2. The molecule has 0 heterocycles. The Bertz CT molecular complexity index is 757. The fourth-order valence-corrected chi connectivity index (χ4v) is 2.44. The minimum Gasteiger partial charge on any atom is -0.477 e. The average molecular weight is 342 g/mol. The van der Waals surface area contributed by atoms with Crippen molar-refractivity contribution in [2.75, 3.05) is 6.61 Å². The highest BCUT2D eigenvalue weighted by Crippen LogP contribution is 2.27. The molecule has 1 amide bonds. The molecule has 0 unspecified atom stereocenters. The van der Waals surface area contributed by atoms with E-state index >= 15 is 0 Å². The summed E-state index contributed by atoms with van der Waals surface area (Å²) in [6, 6.07) is 12.5. The third kappa shape index (κ3) is 5.04. The number of carbonyl (C=O) groups excluding carboxylic acids is 1. The number of hydrogen-bond acceptors (Lipinski definition) is 4. The van der Waals surface area contributed by atoms with Crippen LogP contribution in [0.2, 0.25) is 0 Å². The first kappa shape index (κ1) is 18.4. The molecule has 0 fully saturated rings. The monoisotopic (exact) mass is 342 g/mol. The van der Waals surface area contributed by atoms with Crippen LogP contribution in [-0.2, 0) is 11.2 Å². The van der Waals surface area contributed by atoms with Gasteiger partial charge in [0.2, 0.25) is 0 Å². The highest BCUT2D eigenvalue weighted by atomic mass is 16.6. The van der Waals surface area contributed by atoms with E-state index in [0.717, 1.165) is 17.5 Å². The first-order valence-electron chi connectivity index (χ1n) is 8.16. The summed E-state index contributed by atoms with van der Waals surface area (Å²) < 4.78 is 5.33. The summed E-state index contributed by atoms with van der Waals surface area (Å²) in [5.41, 5.74) is 2.84. The second kappa shape index (κ2) is 8.28. The number of ether oxygens (including phenoxy) is 1. The predicted octanol–water partition coefficient (Wildman–Crippen LogP) is 3.72. The van der Waals surface area contributed by atoms with Crippen LogP contribution in [0.3, 0.4) is 0 Å². The molecule has 0 radical (unpaired) electrons. The minimum atomic E-state index is -0.516. The van der Waals surface area contributed by atoms with Gasteiger partial charge in [-0.2, -0.15) is 0 Å². The number of amides is 1. The van der Waals surface area contributed by atoms with E-state index in [9.17, 15) is 14.9 Å². The van der Waals surface area contributed by atoms with Crippen LogP contribution in [0.25, 0.3) is 0 Å². The summed E-state index contributed by atoms with van der Waals surface area (Å²) in [7, 11) is 0. The first-order chi connectivity index (χ1) is 11.9. The van der Waals surface area contributed by atoms with Gasteiger partial charge in [0, 0.05) is 6.07 Å². The molecule has 0 aliphatic rings. The maximum absolute atomic E-state index is 12.1. The largest absolute Gasteiger partial charge is 0.477 e. The Morgan fingerprint density at radius 2 is 1.92 bits per heavy atom. The third-order valence-corrected chi connectivity index (χ3v) is 3.94. The van der Waals surface area contributed by atoms with Gasteiger partial charge in [0.1, 0.15) is 0 Å². The highest BCUT2D eigenvalue weighted by Gasteiger charge is 2.17. The smallest absolute Gasteiger partial charge is 0.311 e. The van der Waals surface area contributed by atoms with Crippen molar-refractivity contribution >= 4 is 11.6 Å². The Morgan fingerprint density at radius 3 is 2.52 bits per heavy atom. The molecule has 1 atom stereocenters. The van der Waals surface area contributed by atoms with E-state index < -0.39 is 4.92 Å². The Kier molecular flexibility index (Phi) is 6.11. The molecule has 0 spiro atoms. The molecular weight excluding hydrogens is 320 g/mol. The molecule has 132 valence electrons. The van der Waals surface area contributed by atoms with Crippen LogP contribution in [0.15, 0.2) is 42.5 Å². The maximum atomic E-state index is 12.1. The molecule has 2 rings (SSSR count).